The van der Waals surface area contributed by atoms with Crippen molar-refractivity contribution in [2.75, 3.05) is 12.0 Å². The van der Waals surface area contributed by atoms with Crippen LogP contribution in [-0.2, 0) is 9.53 Å². The van der Waals surface area contributed by atoms with Crippen LogP contribution in [0.3, 0.4) is 0 Å². The standard InChI is InChI=1S/C12H14N6O2/c1-3-20-12(19)10(11-15-17-18-16-11)14-13-9-6-4-8(2)5-7-9/h4-7,13H,3H2,1-2H3,(H,15,16,17,18)/b14-10+. The maximum Gasteiger partial charge on any atom is 0.362 e. The van der Waals surface area contributed by atoms with E-state index in [9.17, 15) is 4.79 Å². The molecular formula is C12H14N6O2. The van der Waals surface area contributed by atoms with Gasteiger partial charge in [0.1, 0.15) is 0 Å². The van der Waals surface area contributed by atoms with Gasteiger partial charge in [-0.25, -0.2) is 4.79 Å². The van der Waals surface area contributed by atoms with E-state index in [4.69, 9.17) is 4.74 Å². The number of aromatic amines is 1. The number of hydrogen-bond donors (Lipinski definition) is 2. The van der Waals surface area contributed by atoms with E-state index in [1.807, 2.05) is 31.2 Å². The summed E-state index contributed by atoms with van der Waals surface area (Å²) >= 11 is 0. The van der Waals surface area contributed by atoms with Gasteiger partial charge in [-0.15, -0.1) is 10.2 Å². The third-order valence-electron chi connectivity index (χ3n) is 2.37. The molecule has 0 amide bonds. The SMILES string of the molecule is CCOC(=O)/C(=N/Nc1ccc(C)cc1)c1nn[nH]n1. The van der Waals surface area contributed by atoms with Crippen LogP contribution in [-0.4, -0.2) is 38.9 Å². The first kappa shape index (κ1) is 13.7. The molecule has 0 fully saturated rings. The lowest BCUT2D eigenvalue weighted by Crippen LogP contribution is -2.21. The first-order chi connectivity index (χ1) is 9.70. The largest absolute Gasteiger partial charge is 0.461 e. The van der Waals surface area contributed by atoms with Gasteiger partial charge in [0.05, 0.1) is 12.3 Å². The minimum absolute atomic E-state index is 0.0406. The Bertz CT molecular complexity index is 591. The van der Waals surface area contributed by atoms with E-state index in [1.54, 1.807) is 6.92 Å². The molecular weight excluding hydrogens is 260 g/mol. The van der Waals surface area contributed by atoms with Gasteiger partial charge in [0.25, 0.3) is 0 Å². The molecule has 0 unspecified atom stereocenters. The summed E-state index contributed by atoms with van der Waals surface area (Å²) in [5, 5.41) is 17.1. The molecule has 1 aromatic heterocycles. The highest BCUT2D eigenvalue weighted by atomic mass is 16.5. The highest BCUT2D eigenvalue weighted by Crippen LogP contribution is 2.09. The van der Waals surface area contributed by atoms with Crippen molar-refractivity contribution in [1.82, 2.24) is 20.6 Å². The Hall–Kier alpha value is -2.77. The van der Waals surface area contributed by atoms with Crippen molar-refractivity contribution in [2.24, 2.45) is 5.10 Å². The summed E-state index contributed by atoms with van der Waals surface area (Å²) in [5.74, 6) is -0.545. The summed E-state index contributed by atoms with van der Waals surface area (Å²) < 4.78 is 4.90. The van der Waals surface area contributed by atoms with Crippen LogP contribution in [0.4, 0.5) is 5.69 Å². The predicted molar refractivity (Wildman–Crippen MR) is 72.1 cm³/mol. The second-order valence-electron chi connectivity index (χ2n) is 3.89. The van der Waals surface area contributed by atoms with E-state index < -0.39 is 5.97 Å². The van der Waals surface area contributed by atoms with Crippen molar-refractivity contribution >= 4 is 17.4 Å². The van der Waals surface area contributed by atoms with Crippen LogP contribution in [0.1, 0.15) is 18.3 Å². The topological polar surface area (TPSA) is 105 Å². The number of nitrogens with one attached hydrogen (secondary N) is 2. The number of aryl methyl sites for hydroxylation is 1. The lowest BCUT2D eigenvalue weighted by molar-refractivity contribution is -0.134. The quantitative estimate of drug-likeness (QED) is 0.476. The van der Waals surface area contributed by atoms with Crippen molar-refractivity contribution in [2.45, 2.75) is 13.8 Å². The Balaban J connectivity index is 2.20. The van der Waals surface area contributed by atoms with E-state index in [1.165, 1.54) is 0 Å². The molecule has 2 aromatic rings. The molecule has 1 heterocycles. The number of hydrogen-bond acceptors (Lipinski definition) is 7. The zero-order valence-electron chi connectivity index (χ0n) is 11.1. The summed E-state index contributed by atoms with van der Waals surface area (Å²) in [6.45, 7) is 3.93. The average molecular weight is 274 g/mol. The summed E-state index contributed by atoms with van der Waals surface area (Å²) in [6, 6.07) is 7.54. The van der Waals surface area contributed by atoms with Gasteiger partial charge in [0, 0.05) is 0 Å². The summed E-state index contributed by atoms with van der Waals surface area (Å²) in [6.07, 6.45) is 0. The molecule has 2 rings (SSSR count). The smallest absolute Gasteiger partial charge is 0.362 e. The van der Waals surface area contributed by atoms with Gasteiger partial charge in [0.15, 0.2) is 0 Å². The third kappa shape index (κ3) is 3.37. The lowest BCUT2D eigenvalue weighted by Gasteiger charge is -2.04. The number of esters is 1. The van der Waals surface area contributed by atoms with Gasteiger partial charge >= 0.3 is 5.97 Å². The summed E-state index contributed by atoms with van der Waals surface area (Å²) in [7, 11) is 0. The first-order valence-electron chi connectivity index (χ1n) is 6.02. The monoisotopic (exact) mass is 274 g/mol. The minimum Gasteiger partial charge on any atom is -0.461 e. The second kappa shape index (κ2) is 6.41. The Morgan fingerprint density at radius 3 is 2.75 bits per heavy atom. The van der Waals surface area contributed by atoms with Crippen LogP contribution < -0.4 is 5.43 Å². The minimum atomic E-state index is -0.617. The molecule has 2 N–H and O–H groups in total. The molecule has 104 valence electrons. The Morgan fingerprint density at radius 1 is 1.40 bits per heavy atom. The van der Waals surface area contributed by atoms with Crippen molar-refractivity contribution in [3.05, 3.63) is 35.7 Å². The van der Waals surface area contributed by atoms with Crippen molar-refractivity contribution in [1.29, 1.82) is 0 Å². The van der Waals surface area contributed by atoms with Gasteiger partial charge in [-0.3, -0.25) is 5.43 Å². The van der Waals surface area contributed by atoms with Crippen LogP contribution in [0.2, 0.25) is 0 Å². The van der Waals surface area contributed by atoms with Gasteiger partial charge in [0.2, 0.25) is 11.5 Å². The molecule has 0 saturated heterocycles. The average Bonchev–Trinajstić information content (AvgIpc) is 2.95. The Labute approximate surface area is 115 Å². The molecule has 0 bridgehead atoms. The number of aromatic nitrogens is 4. The molecule has 1 aromatic carbocycles. The van der Waals surface area contributed by atoms with Crippen LogP contribution in [0.25, 0.3) is 0 Å². The van der Waals surface area contributed by atoms with E-state index >= 15 is 0 Å². The fourth-order valence-corrected chi connectivity index (χ4v) is 1.40. The second-order valence-corrected chi connectivity index (χ2v) is 3.89. The Morgan fingerprint density at radius 2 is 2.15 bits per heavy atom. The van der Waals surface area contributed by atoms with E-state index in [-0.39, 0.29) is 18.1 Å². The van der Waals surface area contributed by atoms with Crippen LogP contribution in [0.5, 0.6) is 0 Å². The molecule has 8 heteroatoms. The Kier molecular flexibility index (Phi) is 4.38. The molecule has 8 nitrogen and oxygen atoms in total. The number of benzene rings is 1. The first-order valence-corrected chi connectivity index (χ1v) is 6.02. The number of tetrazole rings is 1. The fourth-order valence-electron chi connectivity index (χ4n) is 1.40. The summed E-state index contributed by atoms with van der Waals surface area (Å²) in [4.78, 5) is 11.8. The molecule has 0 saturated carbocycles. The third-order valence-corrected chi connectivity index (χ3v) is 2.37. The van der Waals surface area contributed by atoms with Gasteiger partial charge in [-0.2, -0.15) is 10.3 Å². The number of nitrogens with zero attached hydrogens (tertiary/aromatic N) is 4. The van der Waals surface area contributed by atoms with Gasteiger partial charge in [-0.05, 0) is 31.2 Å². The maximum atomic E-state index is 11.8. The zero-order valence-corrected chi connectivity index (χ0v) is 11.1. The molecule has 0 spiro atoms. The normalized spacial score (nSPS) is 11.2. The molecule has 20 heavy (non-hydrogen) atoms. The number of ether oxygens (including phenoxy) is 1. The number of carbonyl (C=O) groups is 1. The van der Waals surface area contributed by atoms with Crippen LogP contribution in [0, 0.1) is 6.92 Å². The van der Waals surface area contributed by atoms with Crippen LogP contribution >= 0.6 is 0 Å². The maximum absolute atomic E-state index is 11.8. The molecule has 0 aliphatic heterocycles. The van der Waals surface area contributed by atoms with Gasteiger partial charge in [-0.1, -0.05) is 17.7 Å². The number of rotatable bonds is 5. The predicted octanol–water partition coefficient (Wildman–Crippen LogP) is 0.887. The van der Waals surface area contributed by atoms with Crippen molar-refractivity contribution in [3.8, 4) is 0 Å². The number of hydrazone groups is 1. The van der Waals surface area contributed by atoms with E-state index in [0.29, 0.717) is 0 Å². The number of carbonyl (C=O) groups excluding carboxylic acids is 1. The van der Waals surface area contributed by atoms with Gasteiger partial charge < -0.3 is 4.74 Å². The highest BCUT2D eigenvalue weighted by molar-refractivity contribution is 6.42. The molecule has 0 aliphatic rings. The summed E-state index contributed by atoms with van der Waals surface area (Å²) in [5.41, 5.74) is 4.59. The van der Waals surface area contributed by atoms with Crippen LogP contribution in [0.15, 0.2) is 29.4 Å². The number of anilines is 1. The van der Waals surface area contributed by atoms with Crippen molar-refractivity contribution < 1.29 is 9.53 Å². The fraction of sp³-hybridized carbons (Fsp3) is 0.250. The molecule has 0 atom stereocenters. The highest BCUT2D eigenvalue weighted by Gasteiger charge is 2.20. The number of H-pyrrole nitrogens is 1. The van der Waals surface area contributed by atoms with E-state index in [0.717, 1.165) is 11.3 Å². The van der Waals surface area contributed by atoms with E-state index in [2.05, 4.69) is 31.2 Å². The molecule has 0 aliphatic carbocycles. The lowest BCUT2D eigenvalue weighted by atomic mass is 10.2. The molecule has 0 radical (unpaired) electrons. The van der Waals surface area contributed by atoms with Crippen molar-refractivity contribution in [3.63, 3.8) is 0 Å². The zero-order chi connectivity index (χ0) is 14.4.